The lowest BCUT2D eigenvalue weighted by Gasteiger charge is -2.29. The number of hydrogen-bond donors (Lipinski definition) is 5. The molecular formula is C16H21N3O4. The zero-order valence-corrected chi connectivity index (χ0v) is 13.1. The van der Waals surface area contributed by atoms with Gasteiger partial charge in [-0.1, -0.05) is 11.8 Å². The number of benzene rings is 1. The number of hydroxylamine groups is 1. The van der Waals surface area contributed by atoms with Crippen molar-refractivity contribution in [3.63, 3.8) is 0 Å². The van der Waals surface area contributed by atoms with Crippen LogP contribution in [0.1, 0.15) is 36.2 Å². The highest BCUT2D eigenvalue weighted by Crippen LogP contribution is 2.09. The van der Waals surface area contributed by atoms with E-state index in [1.807, 2.05) is 0 Å². The standard InChI is InChI=1S/C16H21N3O4/c1-16(2,17)13(15(22)19-23)18-14(21)12-8-6-11(7-9-12)5-3-4-10-20/h6-9,13,20,23H,4,10,17H2,1-2H3,(H,18,21)(H,19,22). The lowest BCUT2D eigenvalue weighted by Crippen LogP contribution is -2.61. The fourth-order valence-electron chi connectivity index (χ4n) is 1.79. The van der Waals surface area contributed by atoms with Gasteiger partial charge in [0.05, 0.1) is 6.61 Å². The smallest absolute Gasteiger partial charge is 0.267 e. The van der Waals surface area contributed by atoms with E-state index in [0.717, 1.165) is 0 Å². The van der Waals surface area contributed by atoms with Gasteiger partial charge in [-0.05, 0) is 38.1 Å². The van der Waals surface area contributed by atoms with Crippen LogP contribution in [0.3, 0.4) is 0 Å². The molecule has 0 aromatic heterocycles. The van der Waals surface area contributed by atoms with Gasteiger partial charge in [0.2, 0.25) is 0 Å². The zero-order valence-electron chi connectivity index (χ0n) is 13.1. The quantitative estimate of drug-likeness (QED) is 0.291. The van der Waals surface area contributed by atoms with E-state index in [2.05, 4.69) is 17.2 Å². The molecule has 0 radical (unpaired) electrons. The Morgan fingerprint density at radius 3 is 2.39 bits per heavy atom. The van der Waals surface area contributed by atoms with Crippen LogP contribution in [0.4, 0.5) is 0 Å². The summed E-state index contributed by atoms with van der Waals surface area (Å²) in [5.41, 5.74) is 7.32. The average molecular weight is 319 g/mol. The number of carbonyl (C=O) groups is 2. The van der Waals surface area contributed by atoms with Crippen molar-refractivity contribution in [2.45, 2.75) is 31.8 Å². The van der Waals surface area contributed by atoms with Crippen molar-refractivity contribution in [2.75, 3.05) is 6.61 Å². The minimum Gasteiger partial charge on any atom is -0.395 e. The van der Waals surface area contributed by atoms with Gasteiger partial charge in [0.25, 0.3) is 11.8 Å². The minimum atomic E-state index is -1.09. The molecule has 1 aromatic carbocycles. The van der Waals surface area contributed by atoms with Gasteiger partial charge >= 0.3 is 0 Å². The highest BCUT2D eigenvalue weighted by molar-refractivity contribution is 5.97. The Bertz CT molecular complexity index is 609. The molecule has 2 amide bonds. The SMILES string of the molecule is CC(C)(N)C(NC(=O)c1ccc(C#CCCO)cc1)C(=O)NO. The maximum absolute atomic E-state index is 12.2. The number of nitrogens with one attached hydrogen (secondary N) is 2. The molecule has 0 fully saturated rings. The van der Waals surface area contributed by atoms with Crippen LogP contribution in [-0.4, -0.2) is 40.3 Å². The van der Waals surface area contributed by atoms with Crippen molar-refractivity contribution >= 4 is 11.8 Å². The zero-order chi connectivity index (χ0) is 17.5. The highest BCUT2D eigenvalue weighted by Gasteiger charge is 2.33. The summed E-state index contributed by atoms with van der Waals surface area (Å²) in [5.74, 6) is 4.33. The Hall–Kier alpha value is -2.40. The maximum Gasteiger partial charge on any atom is 0.267 e. The van der Waals surface area contributed by atoms with Crippen molar-refractivity contribution in [2.24, 2.45) is 5.73 Å². The topological polar surface area (TPSA) is 125 Å². The summed E-state index contributed by atoms with van der Waals surface area (Å²) < 4.78 is 0. The molecule has 0 saturated carbocycles. The Morgan fingerprint density at radius 2 is 1.91 bits per heavy atom. The largest absolute Gasteiger partial charge is 0.395 e. The molecule has 1 aromatic rings. The number of nitrogens with two attached hydrogens (primary N) is 1. The lowest BCUT2D eigenvalue weighted by atomic mass is 9.95. The van der Waals surface area contributed by atoms with Crippen LogP contribution in [0.25, 0.3) is 0 Å². The first-order valence-electron chi connectivity index (χ1n) is 7.03. The summed E-state index contributed by atoms with van der Waals surface area (Å²) in [7, 11) is 0. The number of rotatable bonds is 5. The number of aliphatic hydroxyl groups excluding tert-OH is 1. The summed E-state index contributed by atoms with van der Waals surface area (Å²) in [6, 6.07) is 5.36. The van der Waals surface area contributed by atoms with Crippen LogP contribution in [0.2, 0.25) is 0 Å². The van der Waals surface area contributed by atoms with Crippen molar-refractivity contribution in [3.8, 4) is 11.8 Å². The molecule has 6 N–H and O–H groups in total. The van der Waals surface area contributed by atoms with Gasteiger partial charge in [0.1, 0.15) is 6.04 Å². The summed E-state index contributed by atoms with van der Waals surface area (Å²) in [6.07, 6.45) is 0.381. The first-order valence-corrected chi connectivity index (χ1v) is 7.03. The molecule has 0 saturated heterocycles. The molecule has 0 bridgehead atoms. The van der Waals surface area contributed by atoms with Crippen molar-refractivity contribution in [1.29, 1.82) is 0 Å². The predicted molar refractivity (Wildman–Crippen MR) is 84.5 cm³/mol. The minimum absolute atomic E-state index is 0.00330. The van der Waals surface area contributed by atoms with Crippen LogP contribution >= 0.6 is 0 Å². The number of aliphatic hydroxyl groups is 1. The van der Waals surface area contributed by atoms with Crippen molar-refractivity contribution in [1.82, 2.24) is 10.8 Å². The monoisotopic (exact) mass is 319 g/mol. The predicted octanol–water partition coefficient (Wildman–Crippen LogP) is -0.238. The van der Waals surface area contributed by atoms with Gasteiger partial charge in [-0.15, -0.1) is 0 Å². The van der Waals surface area contributed by atoms with Crippen molar-refractivity contribution < 1.29 is 19.9 Å². The van der Waals surface area contributed by atoms with Gasteiger partial charge in [0.15, 0.2) is 0 Å². The van der Waals surface area contributed by atoms with E-state index in [4.69, 9.17) is 16.0 Å². The molecule has 1 rings (SSSR count). The maximum atomic E-state index is 12.2. The summed E-state index contributed by atoms with van der Waals surface area (Å²) in [5, 5.41) is 19.9. The summed E-state index contributed by atoms with van der Waals surface area (Å²) in [6.45, 7) is 3.12. The molecule has 0 heterocycles. The first-order chi connectivity index (χ1) is 10.8. The molecule has 0 aliphatic heterocycles. The number of hydrogen-bond acceptors (Lipinski definition) is 5. The second-order valence-electron chi connectivity index (χ2n) is 5.56. The third-order valence-corrected chi connectivity index (χ3v) is 3.01. The van der Waals surface area contributed by atoms with Crippen LogP contribution in [-0.2, 0) is 4.79 Å². The van der Waals surface area contributed by atoms with Crippen LogP contribution in [0, 0.1) is 11.8 Å². The van der Waals surface area contributed by atoms with Crippen LogP contribution < -0.4 is 16.5 Å². The molecule has 1 unspecified atom stereocenters. The van der Waals surface area contributed by atoms with E-state index < -0.39 is 23.4 Å². The van der Waals surface area contributed by atoms with Crippen molar-refractivity contribution in [3.05, 3.63) is 35.4 Å². The summed E-state index contributed by atoms with van der Waals surface area (Å²) in [4.78, 5) is 23.8. The second-order valence-corrected chi connectivity index (χ2v) is 5.56. The third-order valence-electron chi connectivity index (χ3n) is 3.01. The Morgan fingerprint density at radius 1 is 1.30 bits per heavy atom. The Kier molecular flexibility index (Phi) is 6.72. The van der Waals surface area contributed by atoms with Gasteiger partial charge in [-0.2, -0.15) is 0 Å². The second kappa shape index (κ2) is 8.29. The molecule has 0 aliphatic rings. The fraction of sp³-hybridized carbons (Fsp3) is 0.375. The molecule has 0 spiro atoms. The molecule has 7 heteroatoms. The van der Waals surface area contributed by atoms with Gasteiger partial charge in [-0.3, -0.25) is 14.8 Å². The molecular weight excluding hydrogens is 298 g/mol. The van der Waals surface area contributed by atoms with Crippen LogP contribution in [0.5, 0.6) is 0 Å². The molecule has 0 aliphatic carbocycles. The Labute approximate surface area is 134 Å². The summed E-state index contributed by atoms with van der Waals surface area (Å²) >= 11 is 0. The number of amides is 2. The van der Waals surface area contributed by atoms with E-state index >= 15 is 0 Å². The van der Waals surface area contributed by atoms with Gasteiger partial charge < -0.3 is 16.2 Å². The third kappa shape index (κ3) is 5.71. The highest BCUT2D eigenvalue weighted by atomic mass is 16.5. The van der Waals surface area contributed by atoms with E-state index in [1.54, 1.807) is 38.1 Å². The number of carbonyl (C=O) groups excluding carboxylic acids is 2. The first kappa shape index (κ1) is 18.6. The lowest BCUT2D eigenvalue weighted by molar-refractivity contribution is -0.132. The normalized spacial score (nSPS) is 11.9. The average Bonchev–Trinajstić information content (AvgIpc) is 2.51. The van der Waals surface area contributed by atoms with E-state index in [1.165, 1.54) is 5.48 Å². The Balaban J connectivity index is 2.85. The molecule has 23 heavy (non-hydrogen) atoms. The molecule has 124 valence electrons. The fourth-order valence-corrected chi connectivity index (χ4v) is 1.79. The molecule has 7 nitrogen and oxygen atoms in total. The molecule has 1 atom stereocenters. The van der Waals surface area contributed by atoms with E-state index in [0.29, 0.717) is 17.5 Å². The van der Waals surface area contributed by atoms with Crippen LogP contribution in [0.15, 0.2) is 24.3 Å². The van der Waals surface area contributed by atoms with Gasteiger partial charge in [-0.25, -0.2) is 5.48 Å². The van der Waals surface area contributed by atoms with Gasteiger partial charge in [0, 0.05) is 23.1 Å². The van der Waals surface area contributed by atoms with E-state index in [-0.39, 0.29) is 6.61 Å². The van der Waals surface area contributed by atoms with E-state index in [9.17, 15) is 9.59 Å².